The average Bonchev–Trinajstić information content (AvgIpc) is 2.67. The van der Waals surface area contributed by atoms with Crippen molar-refractivity contribution in [2.75, 3.05) is 26.8 Å². The molecule has 0 bridgehead atoms. The highest BCUT2D eigenvalue weighted by Crippen LogP contribution is 2.33. The SMILES string of the molecule is CC(NC(=O)CN(C)S(=O)(=O)c1ccc2c(c1)OCCO2)c1ccccc1Cl. The molecule has 0 saturated carbocycles. The first-order valence-electron chi connectivity index (χ1n) is 8.69. The molecule has 9 heteroatoms. The molecule has 1 N–H and O–H groups in total. The van der Waals surface area contributed by atoms with Crippen LogP contribution in [0.1, 0.15) is 18.5 Å². The summed E-state index contributed by atoms with van der Waals surface area (Å²) in [5.41, 5.74) is 0.759. The second kappa shape index (κ2) is 8.38. The number of hydrogen-bond acceptors (Lipinski definition) is 5. The third kappa shape index (κ3) is 4.40. The van der Waals surface area contributed by atoms with Crippen molar-refractivity contribution in [2.45, 2.75) is 17.9 Å². The van der Waals surface area contributed by atoms with E-state index in [0.717, 1.165) is 9.87 Å². The van der Waals surface area contributed by atoms with Crippen LogP contribution in [-0.2, 0) is 14.8 Å². The van der Waals surface area contributed by atoms with E-state index in [1.807, 2.05) is 12.1 Å². The molecule has 0 fully saturated rings. The van der Waals surface area contributed by atoms with Gasteiger partial charge < -0.3 is 14.8 Å². The van der Waals surface area contributed by atoms with Gasteiger partial charge in [-0.3, -0.25) is 4.79 Å². The van der Waals surface area contributed by atoms with Crippen molar-refractivity contribution in [1.82, 2.24) is 9.62 Å². The highest BCUT2D eigenvalue weighted by Gasteiger charge is 2.26. The molecule has 2 aromatic carbocycles. The quantitative estimate of drug-likeness (QED) is 0.770. The van der Waals surface area contributed by atoms with E-state index in [1.54, 1.807) is 25.1 Å². The van der Waals surface area contributed by atoms with Crippen molar-refractivity contribution in [3.05, 3.63) is 53.1 Å². The average molecular weight is 425 g/mol. The Morgan fingerprint density at radius 1 is 1.18 bits per heavy atom. The Morgan fingerprint density at radius 3 is 2.57 bits per heavy atom. The van der Waals surface area contributed by atoms with Gasteiger partial charge in [0, 0.05) is 18.1 Å². The number of carbonyl (C=O) groups is 1. The maximum Gasteiger partial charge on any atom is 0.243 e. The Hall–Kier alpha value is -2.29. The molecule has 0 aromatic heterocycles. The van der Waals surface area contributed by atoms with Crippen LogP contribution < -0.4 is 14.8 Å². The van der Waals surface area contributed by atoms with Crippen LogP contribution in [0.2, 0.25) is 5.02 Å². The number of nitrogens with zero attached hydrogens (tertiary/aromatic N) is 1. The molecule has 1 atom stereocenters. The van der Waals surface area contributed by atoms with E-state index in [1.165, 1.54) is 19.2 Å². The molecule has 0 radical (unpaired) electrons. The number of fused-ring (bicyclic) bond motifs is 1. The Morgan fingerprint density at radius 2 is 1.86 bits per heavy atom. The minimum absolute atomic E-state index is 0.0335. The summed E-state index contributed by atoms with van der Waals surface area (Å²) < 4.78 is 37.4. The van der Waals surface area contributed by atoms with Gasteiger partial charge in [-0.25, -0.2) is 8.42 Å². The fourth-order valence-corrected chi connectivity index (χ4v) is 4.28. The second-order valence-corrected chi connectivity index (χ2v) is 8.83. The lowest BCUT2D eigenvalue weighted by Crippen LogP contribution is -2.39. The van der Waals surface area contributed by atoms with Crippen molar-refractivity contribution in [3.8, 4) is 11.5 Å². The lowest BCUT2D eigenvalue weighted by atomic mass is 10.1. The van der Waals surface area contributed by atoms with Gasteiger partial charge in [0.15, 0.2) is 11.5 Å². The van der Waals surface area contributed by atoms with Crippen molar-refractivity contribution >= 4 is 27.5 Å². The molecule has 1 heterocycles. The molecule has 0 spiro atoms. The van der Waals surface area contributed by atoms with Gasteiger partial charge in [-0.1, -0.05) is 29.8 Å². The second-order valence-electron chi connectivity index (χ2n) is 6.38. The van der Waals surface area contributed by atoms with E-state index in [9.17, 15) is 13.2 Å². The van der Waals surface area contributed by atoms with Gasteiger partial charge in [0.2, 0.25) is 15.9 Å². The number of likely N-dealkylation sites (N-methyl/N-ethyl adjacent to an activating group) is 1. The number of hydrogen-bond donors (Lipinski definition) is 1. The topological polar surface area (TPSA) is 84.9 Å². The van der Waals surface area contributed by atoms with Crippen LogP contribution in [0.25, 0.3) is 0 Å². The summed E-state index contributed by atoms with van der Waals surface area (Å²) in [6.07, 6.45) is 0. The van der Waals surface area contributed by atoms with Crippen LogP contribution in [-0.4, -0.2) is 45.4 Å². The molecule has 7 nitrogen and oxygen atoms in total. The predicted octanol–water partition coefficient (Wildman–Crippen LogP) is 2.61. The molecular formula is C19H21ClN2O5S. The first kappa shape index (κ1) is 20.4. The summed E-state index contributed by atoms with van der Waals surface area (Å²) in [6.45, 7) is 2.23. The largest absolute Gasteiger partial charge is 0.486 e. The molecule has 0 aliphatic carbocycles. The smallest absolute Gasteiger partial charge is 0.243 e. The van der Waals surface area contributed by atoms with Gasteiger partial charge >= 0.3 is 0 Å². The minimum atomic E-state index is -3.87. The molecule has 1 unspecified atom stereocenters. The van der Waals surface area contributed by atoms with Gasteiger partial charge in [0.05, 0.1) is 17.5 Å². The van der Waals surface area contributed by atoms with Crippen LogP contribution >= 0.6 is 11.6 Å². The van der Waals surface area contributed by atoms with Crippen LogP contribution in [0.4, 0.5) is 0 Å². The summed E-state index contributed by atoms with van der Waals surface area (Å²) in [5.74, 6) is 0.438. The van der Waals surface area contributed by atoms with E-state index in [0.29, 0.717) is 29.7 Å². The van der Waals surface area contributed by atoms with Crippen molar-refractivity contribution in [1.29, 1.82) is 0 Å². The molecular weight excluding hydrogens is 404 g/mol. The van der Waals surface area contributed by atoms with Crippen LogP contribution in [0.3, 0.4) is 0 Å². The molecule has 150 valence electrons. The van der Waals surface area contributed by atoms with E-state index >= 15 is 0 Å². The van der Waals surface area contributed by atoms with Crippen molar-refractivity contribution < 1.29 is 22.7 Å². The first-order chi connectivity index (χ1) is 13.3. The van der Waals surface area contributed by atoms with Gasteiger partial charge in [-0.05, 0) is 30.7 Å². The summed E-state index contributed by atoms with van der Waals surface area (Å²) in [4.78, 5) is 12.4. The van der Waals surface area contributed by atoms with Crippen LogP contribution in [0, 0.1) is 0 Å². The third-order valence-corrected chi connectivity index (χ3v) is 6.48. The number of benzene rings is 2. The van der Waals surface area contributed by atoms with E-state index in [4.69, 9.17) is 21.1 Å². The van der Waals surface area contributed by atoms with Crippen molar-refractivity contribution in [3.63, 3.8) is 0 Å². The van der Waals surface area contributed by atoms with E-state index in [2.05, 4.69) is 5.32 Å². The number of ether oxygens (including phenoxy) is 2. The van der Waals surface area contributed by atoms with Gasteiger partial charge in [-0.15, -0.1) is 0 Å². The monoisotopic (exact) mass is 424 g/mol. The first-order valence-corrected chi connectivity index (χ1v) is 10.5. The number of nitrogens with one attached hydrogen (secondary N) is 1. The maximum atomic E-state index is 12.8. The Labute approximate surface area is 169 Å². The highest BCUT2D eigenvalue weighted by atomic mass is 35.5. The highest BCUT2D eigenvalue weighted by molar-refractivity contribution is 7.89. The zero-order chi connectivity index (χ0) is 20.3. The lowest BCUT2D eigenvalue weighted by Gasteiger charge is -2.22. The standard InChI is InChI=1S/C19H21ClN2O5S/c1-13(15-5-3-4-6-16(15)20)21-19(23)12-22(2)28(24,25)14-7-8-17-18(11-14)27-10-9-26-17/h3-8,11,13H,9-10,12H2,1-2H3,(H,21,23). The Kier molecular flexibility index (Phi) is 6.12. The number of rotatable bonds is 6. The number of halogens is 1. The predicted molar refractivity (Wildman–Crippen MR) is 105 cm³/mol. The maximum absolute atomic E-state index is 12.8. The number of amides is 1. The van der Waals surface area contributed by atoms with Crippen molar-refractivity contribution in [2.24, 2.45) is 0 Å². The fraction of sp³-hybridized carbons (Fsp3) is 0.316. The molecule has 2 aromatic rings. The summed E-state index contributed by atoms with van der Waals surface area (Å²) in [7, 11) is -2.51. The molecule has 1 aliphatic rings. The van der Waals surface area contributed by atoms with Gasteiger partial charge in [0.1, 0.15) is 13.2 Å². The Balaban J connectivity index is 1.68. The lowest BCUT2D eigenvalue weighted by molar-refractivity contribution is -0.121. The zero-order valence-corrected chi connectivity index (χ0v) is 17.1. The Bertz CT molecular complexity index is 980. The molecule has 28 heavy (non-hydrogen) atoms. The number of sulfonamides is 1. The van der Waals surface area contributed by atoms with Crippen LogP contribution in [0.5, 0.6) is 11.5 Å². The van der Waals surface area contributed by atoms with E-state index in [-0.39, 0.29) is 17.5 Å². The molecule has 1 amide bonds. The minimum Gasteiger partial charge on any atom is -0.486 e. The normalized spacial score (nSPS) is 14.6. The third-order valence-electron chi connectivity index (χ3n) is 4.34. The number of carbonyl (C=O) groups excluding carboxylic acids is 1. The van der Waals surface area contributed by atoms with Gasteiger partial charge in [-0.2, -0.15) is 4.31 Å². The van der Waals surface area contributed by atoms with Crippen LogP contribution in [0.15, 0.2) is 47.4 Å². The van der Waals surface area contributed by atoms with Gasteiger partial charge in [0.25, 0.3) is 0 Å². The fourth-order valence-electron chi connectivity index (χ4n) is 2.84. The zero-order valence-electron chi connectivity index (χ0n) is 15.5. The molecule has 1 aliphatic heterocycles. The molecule has 3 rings (SSSR count). The summed E-state index contributed by atoms with van der Waals surface area (Å²) in [5, 5.41) is 3.30. The summed E-state index contributed by atoms with van der Waals surface area (Å²) >= 11 is 6.14. The molecule has 0 saturated heterocycles. The van der Waals surface area contributed by atoms with E-state index < -0.39 is 15.9 Å². The summed E-state index contributed by atoms with van der Waals surface area (Å²) in [6, 6.07) is 11.2.